The van der Waals surface area contributed by atoms with Gasteiger partial charge in [0.1, 0.15) is 5.69 Å². The third-order valence-corrected chi connectivity index (χ3v) is 8.31. The number of nitrogens with zero attached hydrogens (tertiary/aromatic N) is 5. The number of anilines is 2. The monoisotopic (exact) mass is 653 g/mol. The molecule has 2 aromatic carbocycles. The van der Waals surface area contributed by atoms with Crippen LogP contribution < -0.4 is 20.1 Å². The molecular formula is C34H35N7O7. The van der Waals surface area contributed by atoms with E-state index >= 15 is 0 Å². The molecule has 1 unspecified atom stereocenters. The molecule has 0 aliphatic carbocycles. The lowest BCUT2D eigenvalue weighted by molar-refractivity contribution is -0.116. The molecule has 3 amide bonds. The maximum Gasteiger partial charge on any atom is 0.372 e. The number of amides is 3. The molecule has 48 heavy (non-hydrogen) atoms. The average Bonchev–Trinajstić information content (AvgIpc) is 3.78. The Hall–Kier alpha value is -5.92. The van der Waals surface area contributed by atoms with Crippen LogP contribution in [0.4, 0.5) is 17.2 Å². The summed E-state index contributed by atoms with van der Waals surface area (Å²) in [6.45, 7) is 0.975. The minimum absolute atomic E-state index is 0.0102. The van der Waals surface area contributed by atoms with E-state index in [1.165, 1.54) is 24.9 Å². The number of aromatic nitrogens is 3. The van der Waals surface area contributed by atoms with Crippen LogP contribution in [0.15, 0.2) is 59.9 Å². The van der Waals surface area contributed by atoms with E-state index in [2.05, 4.69) is 20.6 Å². The van der Waals surface area contributed by atoms with E-state index in [0.717, 1.165) is 24.0 Å². The minimum Gasteiger partial charge on any atom is -0.493 e. The number of rotatable bonds is 11. The summed E-state index contributed by atoms with van der Waals surface area (Å²) in [4.78, 5) is 60.2. The number of carboxylic acid groups (broad SMARTS) is 1. The number of hydrogen-bond donors (Lipinski definition) is 3. The molecule has 0 bridgehead atoms. The number of carbonyl (C=O) groups excluding carboxylic acids is 3. The van der Waals surface area contributed by atoms with Gasteiger partial charge in [0.15, 0.2) is 17.3 Å². The van der Waals surface area contributed by atoms with Crippen molar-refractivity contribution in [2.75, 3.05) is 30.9 Å². The Morgan fingerprint density at radius 3 is 2.52 bits per heavy atom. The largest absolute Gasteiger partial charge is 0.493 e. The molecule has 2 aliphatic heterocycles. The van der Waals surface area contributed by atoms with Gasteiger partial charge in [-0.25, -0.2) is 9.78 Å². The normalized spacial score (nSPS) is 15.0. The third-order valence-electron chi connectivity index (χ3n) is 8.31. The van der Waals surface area contributed by atoms with Crippen LogP contribution in [0.3, 0.4) is 0 Å². The fourth-order valence-corrected chi connectivity index (χ4v) is 5.86. The summed E-state index contributed by atoms with van der Waals surface area (Å²) in [6, 6.07) is 12.4. The highest BCUT2D eigenvalue weighted by atomic mass is 16.5. The second-order valence-corrected chi connectivity index (χ2v) is 11.6. The van der Waals surface area contributed by atoms with Gasteiger partial charge in [-0.1, -0.05) is 12.1 Å². The molecule has 0 spiro atoms. The van der Waals surface area contributed by atoms with Crippen molar-refractivity contribution in [3.05, 3.63) is 71.9 Å². The van der Waals surface area contributed by atoms with Crippen molar-refractivity contribution >= 4 is 47.1 Å². The Morgan fingerprint density at radius 2 is 1.79 bits per heavy atom. The molecule has 4 aromatic rings. The number of nitrogens with one attached hydrogen (secondary N) is 2. The van der Waals surface area contributed by atoms with Gasteiger partial charge in [-0.05, 0) is 49.1 Å². The van der Waals surface area contributed by atoms with Crippen molar-refractivity contribution in [3.63, 3.8) is 0 Å². The van der Waals surface area contributed by atoms with Gasteiger partial charge < -0.3 is 39.2 Å². The van der Waals surface area contributed by atoms with Crippen LogP contribution in [0.1, 0.15) is 57.1 Å². The highest BCUT2D eigenvalue weighted by Crippen LogP contribution is 2.38. The maximum absolute atomic E-state index is 13.1. The summed E-state index contributed by atoms with van der Waals surface area (Å²) < 4.78 is 14.4. The van der Waals surface area contributed by atoms with Gasteiger partial charge in [-0.3, -0.25) is 19.4 Å². The van der Waals surface area contributed by atoms with Crippen LogP contribution in [-0.2, 0) is 18.9 Å². The molecule has 14 nitrogen and oxygen atoms in total. The molecule has 0 saturated carbocycles. The van der Waals surface area contributed by atoms with E-state index in [0.29, 0.717) is 47.1 Å². The van der Waals surface area contributed by atoms with E-state index in [1.807, 2.05) is 23.2 Å². The number of aryl methyl sites for hydroxylation is 2. The zero-order chi connectivity index (χ0) is 33.9. The van der Waals surface area contributed by atoms with Crippen molar-refractivity contribution < 1.29 is 33.8 Å². The van der Waals surface area contributed by atoms with Crippen LogP contribution in [0.25, 0.3) is 11.1 Å². The summed E-state index contributed by atoms with van der Waals surface area (Å²) >= 11 is 0. The van der Waals surface area contributed by atoms with Gasteiger partial charge in [0.05, 0.1) is 31.0 Å². The van der Waals surface area contributed by atoms with Gasteiger partial charge in [-0.2, -0.15) is 0 Å². The first-order chi connectivity index (χ1) is 23.1. The zero-order valence-electron chi connectivity index (χ0n) is 26.7. The fourth-order valence-electron chi connectivity index (χ4n) is 5.86. The number of fused-ring (bicyclic) bond motifs is 2. The van der Waals surface area contributed by atoms with Crippen molar-refractivity contribution in [1.29, 1.82) is 0 Å². The minimum atomic E-state index is -1.19. The predicted octanol–water partition coefficient (Wildman–Crippen LogP) is 4.50. The van der Waals surface area contributed by atoms with Crippen LogP contribution in [0, 0.1) is 0 Å². The third kappa shape index (κ3) is 6.63. The standard InChI is InChI=1S/C34H35N7O7/c1-39-18-21(14-26(39)32(43)38-29-19-40(2)31(37-29)34(45)46)20-8-10-22(11-9-20)36-30(42)7-5-13-48-28-16-25-24(15-27(28)47-3)33(44)41-12-4-6-23(41)17-35-25/h8-11,14-19,23H,4-7,12-13H2,1-3H3,(H,36,42)(H,38,43)(H,45,46). The number of imidazole rings is 1. The lowest BCUT2D eigenvalue weighted by Crippen LogP contribution is -2.35. The molecule has 3 N–H and O–H groups in total. The number of methoxy groups -OCH3 is 1. The van der Waals surface area contributed by atoms with Gasteiger partial charge in [0, 0.05) is 63.0 Å². The summed E-state index contributed by atoms with van der Waals surface area (Å²) in [7, 11) is 4.79. The topological polar surface area (TPSA) is 169 Å². The maximum atomic E-state index is 13.1. The molecule has 248 valence electrons. The van der Waals surface area contributed by atoms with Crippen molar-refractivity contribution in [1.82, 2.24) is 19.0 Å². The average molecular weight is 654 g/mol. The number of aromatic carboxylic acids is 1. The Kier molecular flexibility index (Phi) is 8.97. The van der Waals surface area contributed by atoms with Crippen LogP contribution in [0.5, 0.6) is 11.5 Å². The van der Waals surface area contributed by atoms with E-state index in [4.69, 9.17) is 9.47 Å². The lowest BCUT2D eigenvalue weighted by Gasteiger charge is -2.20. The second-order valence-electron chi connectivity index (χ2n) is 11.6. The van der Waals surface area contributed by atoms with Crippen molar-refractivity contribution in [2.24, 2.45) is 19.1 Å². The zero-order valence-corrected chi connectivity index (χ0v) is 26.7. The summed E-state index contributed by atoms with van der Waals surface area (Å²) in [5.41, 5.74) is 3.64. The molecule has 1 saturated heterocycles. The van der Waals surface area contributed by atoms with Crippen LogP contribution >= 0.6 is 0 Å². The number of carboxylic acids is 1. The molecular weight excluding hydrogens is 618 g/mol. The van der Waals surface area contributed by atoms with E-state index in [9.17, 15) is 24.3 Å². The fraction of sp³-hybridized carbons (Fsp3) is 0.294. The van der Waals surface area contributed by atoms with E-state index < -0.39 is 11.9 Å². The first-order valence-electron chi connectivity index (χ1n) is 15.5. The van der Waals surface area contributed by atoms with E-state index in [-0.39, 0.29) is 42.5 Å². The van der Waals surface area contributed by atoms with Gasteiger partial charge in [0.25, 0.3) is 11.8 Å². The molecule has 6 rings (SSSR count). The summed E-state index contributed by atoms with van der Waals surface area (Å²) in [5.74, 6) is -1.01. The number of carbonyl (C=O) groups is 4. The number of ether oxygens (including phenoxy) is 2. The summed E-state index contributed by atoms with van der Waals surface area (Å²) in [6.07, 6.45) is 7.59. The first-order valence-corrected chi connectivity index (χ1v) is 15.5. The molecule has 2 aliphatic rings. The highest BCUT2D eigenvalue weighted by Gasteiger charge is 2.32. The smallest absolute Gasteiger partial charge is 0.372 e. The Bertz CT molecular complexity index is 1930. The predicted molar refractivity (Wildman–Crippen MR) is 178 cm³/mol. The molecule has 14 heteroatoms. The quantitative estimate of drug-likeness (QED) is 0.199. The Balaban J connectivity index is 1.01. The molecule has 0 radical (unpaired) electrons. The van der Waals surface area contributed by atoms with Crippen LogP contribution in [0.2, 0.25) is 0 Å². The molecule has 2 aromatic heterocycles. The Labute approximate surface area is 276 Å². The highest BCUT2D eigenvalue weighted by molar-refractivity contribution is 6.04. The molecule has 1 atom stereocenters. The number of benzene rings is 2. The SMILES string of the molecule is COc1cc2c(cc1OCCCC(=O)Nc1ccc(-c3cc(C(=O)Nc4cn(C)c(C(=O)O)n4)n(C)c3)cc1)N=CC1CCCN1C2=O. The molecule has 1 fully saturated rings. The molecule has 4 heterocycles. The van der Waals surface area contributed by atoms with Crippen molar-refractivity contribution in [2.45, 2.75) is 31.7 Å². The number of aliphatic imine (C=N–C) groups is 1. The number of hydrogen-bond acceptors (Lipinski definition) is 8. The Morgan fingerprint density at radius 1 is 1.00 bits per heavy atom. The first kappa shape index (κ1) is 32.0. The van der Waals surface area contributed by atoms with Crippen molar-refractivity contribution in [3.8, 4) is 22.6 Å². The lowest BCUT2D eigenvalue weighted by atomic mass is 10.1. The van der Waals surface area contributed by atoms with E-state index in [1.54, 1.807) is 48.1 Å². The van der Waals surface area contributed by atoms with Crippen LogP contribution in [-0.4, -0.2) is 80.3 Å². The second kappa shape index (κ2) is 13.4. The van der Waals surface area contributed by atoms with Gasteiger partial charge in [0.2, 0.25) is 11.7 Å². The summed E-state index contributed by atoms with van der Waals surface area (Å²) in [5, 5.41) is 14.7. The van der Waals surface area contributed by atoms with Gasteiger partial charge >= 0.3 is 5.97 Å². The van der Waals surface area contributed by atoms with Gasteiger partial charge in [-0.15, -0.1) is 0 Å².